The Bertz CT molecular complexity index is 1370. The molecular weight excluding hydrogens is 488 g/mol. The summed E-state index contributed by atoms with van der Waals surface area (Å²) in [6, 6.07) is 21.9. The number of benzene rings is 3. The molecular formula is C29H31ClN4OS. The molecule has 0 saturated carbocycles. The number of nitrogens with zero attached hydrogens (tertiary/aromatic N) is 3. The van der Waals surface area contributed by atoms with Crippen LogP contribution in [0.4, 0.5) is 0 Å². The largest absolute Gasteiger partial charge is 0.345 e. The summed E-state index contributed by atoms with van der Waals surface area (Å²) in [4.78, 5) is 12.9. The summed E-state index contributed by atoms with van der Waals surface area (Å²) in [7, 11) is 0. The molecule has 0 saturated heterocycles. The van der Waals surface area contributed by atoms with Crippen LogP contribution in [0.3, 0.4) is 0 Å². The molecule has 1 heterocycles. The maximum Gasteiger partial charge on any atom is 0.251 e. The zero-order valence-electron chi connectivity index (χ0n) is 21.3. The Kier molecular flexibility index (Phi) is 7.86. The molecule has 0 aliphatic carbocycles. The van der Waals surface area contributed by atoms with E-state index in [1.54, 1.807) is 11.8 Å². The maximum atomic E-state index is 12.9. The van der Waals surface area contributed by atoms with Gasteiger partial charge < -0.3 is 5.32 Å². The fraction of sp³-hybridized carbons (Fsp3) is 0.276. The van der Waals surface area contributed by atoms with Crippen molar-refractivity contribution in [3.05, 3.63) is 105 Å². The first kappa shape index (κ1) is 26.0. The van der Waals surface area contributed by atoms with Crippen molar-refractivity contribution >= 4 is 29.3 Å². The second-order valence-electron chi connectivity index (χ2n) is 9.95. The molecule has 0 spiro atoms. The zero-order valence-corrected chi connectivity index (χ0v) is 22.9. The molecule has 0 radical (unpaired) electrons. The number of aromatic nitrogens is 3. The molecule has 0 fully saturated rings. The Morgan fingerprint density at radius 3 is 2.44 bits per heavy atom. The zero-order chi connectivity index (χ0) is 25.9. The highest BCUT2D eigenvalue weighted by molar-refractivity contribution is 7.98. The van der Waals surface area contributed by atoms with Crippen LogP contribution in [-0.4, -0.2) is 20.7 Å². The summed E-state index contributed by atoms with van der Waals surface area (Å²) in [5, 5.41) is 13.3. The number of hydrogen-bond acceptors (Lipinski definition) is 4. The summed E-state index contributed by atoms with van der Waals surface area (Å²) in [6.45, 7) is 10.8. The van der Waals surface area contributed by atoms with E-state index in [-0.39, 0.29) is 17.9 Å². The van der Waals surface area contributed by atoms with Crippen molar-refractivity contribution in [1.29, 1.82) is 0 Å². The Morgan fingerprint density at radius 1 is 1.00 bits per heavy atom. The van der Waals surface area contributed by atoms with Crippen molar-refractivity contribution < 1.29 is 4.79 Å². The molecule has 1 aromatic heterocycles. The van der Waals surface area contributed by atoms with Gasteiger partial charge in [0.15, 0.2) is 11.0 Å². The Morgan fingerprint density at radius 2 is 1.75 bits per heavy atom. The summed E-state index contributed by atoms with van der Waals surface area (Å²) < 4.78 is 1.99. The van der Waals surface area contributed by atoms with Crippen LogP contribution in [0.15, 0.2) is 71.9 Å². The lowest BCUT2D eigenvalue weighted by Crippen LogP contribution is -2.25. The average Bonchev–Trinajstić information content (AvgIpc) is 3.25. The number of rotatable bonds is 7. The van der Waals surface area contributed by atoms with Crippen molar-refractivity contribution in [3.8, 4) is 5.69 Å². The van der Waals surface area contributed by atoms with E-state index in [0.29, 0.717) is 16.4 Å². The Hall–Kier alpha value is -3.09. The molecule has 5 nitrogen and oxygen atoms in total. The number of aryl methyl sites for hydroxylation is 2. The number of carbonyl (C=O) groups excluding carboxylic acids is 1. The quantitative estimate of drug-likeness (QED) is 0.266. The summed E-state index contributed by atoms with van der Waals surface area (Å²) in [5.41, 5.74) is 6.21. The van der Waals surface area contributed by atoms with Crippen molar-refractivity contribution in [3.63, 3.8) is 0 Å². The van der Waals surface area contributed by atoms with Gasteiger partial charge in [0.1, 0.15) is 0 Å². The summed E-state index contributed by atoms with van der Waals surface area (Å²) in [6.07, 6.45) is 0. The molecule has 0 aliphatic rings. The standard InChI is InChI=1S/C29H31ClN4OS/c1-19-7-6-8-21(15-19)18-36-28-33-32-26(34(28)25-16-24(30)14-9-20(25)2)17-31-27(35)22-10-12-23(13-11-22)29(3,4)5/h6-16H,17-18H2,1-5H3,(H,31,35). The second kappa shape index (κ2) is 10.9. The van der Waals surface area contributed by atoms with Crippen molar-refractivity contribution in [2.24, 2.45) is 0 Å². The van der Waals surface area contributed by atoms with Crippen LogP contribution in [0.2, 0.25) is 5.02 Å². The summed E-state index contributed by atoms with van der Waals surface area (Å²) >= 11 is 7.96. The van der Waals surface area contributed by atoms with Gasteiger partial charge in [0.25, 0.3) is 5.91 Å². The van der Waals surface area contributed by atoms with Crippen molar-refractivity contribution in [1.82, 2.24) is 20.1 Å². The third-order valence-electron chi connectivity index (χ3n) is 5.98. The second-order valence-corrected chi connectivity index (χ2v) is 11.3. The summed E-state index contributed by atoms with van der Waals surface area (Å²) in [5.74, 6) is 1.25. The number of nitrogens with one attached hydrogen (secondary N) is 1. The third-order valence-corrected chi connectivity index (χ3v) is 7.22. The molecule has 4 aromatic rings. The van der Waals surface area contributed by atoms with E-state index < -0.39 is 0 Å². The number of amides is 1. The number of hydrogen-bond donors (Lipinski definition) is 1. The monoisotopic (exact) mass is 518 g/mol. The van der Waals surface area contributed by atoms with Gasteiger partial charge in [0, 0.05) is 16.3 Å². The normalized spacial score (nSPS) is 11.5. The predicted octanol–water partition coefficient (Wildman–Crippen LogP) is 7.06. The molecule has 0 unspecified atom stereocenters. The average molecular weight is 519 g/mol. The molecule has 36 heavy (non-hydrogen) atoms. The lowest BCUT2D eigenvalue weighted by atomic mass is 9.87. The van der Waals surface area contributed by atoms with Gasteiger partial charge in [0.2, 0.25) is 0 Å². The molecule has 1 amide bonds. The molecule has 186 valence electrons. The van der Waals surface area contributed by atoms with E-state index in [1.807, 2.05) is 54.0 Å². The van der Waals surface area contributed by atoms with E-state index in [4.69, 9.17) is 11.6 Å². The minimum absolute atomic E-state index is 0.0345. The van der Waals surface area contributed by atoms with E-state index in [1.165, 1.54) is 16.7 Å². The van der Waals surface area contributed by atoms with Gasteiger partial charge in [-0.25, -0.2) is 0 Å². The lowest BCUT2D eigenvalue weighted by molar-refractivity contribution is 0.0949. The first-order chi connectivity index (χ1) is 17.1. The van der Waals surface area contributed by atoms with E-state index in [2.05, 4.69) is 67.5 Å². The van der Waals surface area contributed by atoms with Gasteiger partial charge in [-0.15, -0.1) is 10.2 Å². The minimum Gasteiger partial charge on any atom is -0.345 e. The SMILES string of the molecule is Cc1cccc(CSc2nnc(CNC(=O)c3ccc(C(C)(C)C)cc3)n2-c2cc(Cl)ccc2C)c1. The van der Waals surface area contributed by atoms with E-state index >= 15 is 0 Å². The van der Waals surface area contributed by atoms with Crippen LogP contribution >= 0.6 is 23.4 Å². The Balaban J connectivity index is 1.58. The molecule has 1 N–H and O–H groups in total. The highest BCUT2D eigenvalue weighted by Crippen LogP contribution is 2.29. The van der Waals surface area contributed by atoms with Crippen LogP contribution in [0.5, 0.6) is 0 Å². The molecule has 0 aliphatic heterocycles. The fourth-order valence-corrected chi connectivity index (χ4v) is 4.98. The van der Waals surface area contributed by atoms with Gasteiger partial charge in [-0.3, -0.25) is 9.36 Å². The van der Waals surface area contributed by atoms with E-state index in [0.717, 1.165) is 22.2 Å². The first-order valence-electron chi connectivity index (χ1n) is 11.9. The van der Waals surface area contributed by atoms with Crippen LogP contribution in [0, 0.1) is 13.8 Å². The lowest BCUT2D eigenvalue weighted by Gasteiger charge is -2.19. The fourth-order valence-electron chi connectivity index (χ4n) is 3.91. The molecule has 0 atom stereocenters. The molecule has 4 rings (SSSR count). The highest BCUT2D eigenvalue weighted by atomic mass is 35.5. The Labute approximate surface area is 222 Å². The molecule has 7 heteroatoms. The van der Waals surface area contributed by atoms with E-state index in [9.17, 15) is 4.79 Å². The number of carbonyl (C=O) groups is 1. The third kappa shape index (κ3) is 6.18. The topological polar surface area (TPSA) is 59.8 Å². The van der Waals surface area contributed by atoms with Crippen molar-refractivity contribution in [2.75, 3.05) is 0 Å². The van der Waals surface area contributed by atoms with Crippen LogP contribution in [0.25, 0.3) is 5.69 Å². The van der Waals surface area contributed by atoms with Gasteiger partial charge in [-0.2, -0.15) is 0 Å². The minimum atomic E-state index is -0.151. The highest BCUT2D eigenvalue weighted by Gasteiger charge is 2.19. The van der Waals surface area contributed by atoms with Gasteiger partial charge in [-0.05, 0) is 60.2 Å². The number of halogens is 1. The van der Waals surface area contributed by atoms with Crippen LogP contribution in [-0.2, 0) is 17.7 Å². The van der Waals surface area contributed by atoms with Crippen molar-refractivity contribution in [2.45, 2.75) is 57.5 Å². The number of thioether (sulfide) groups is 1. The van der Waals surface area contributed by atoms with Crippen LogP contribution < -0.4 is 5.32 Å². The molecule has 3 aromatic carbocycles. The van der Waals surface area contributed by atoms with Crippen LogP contribution in [0.1, 0.15) is 59.2 Å². The first-order valence-corrected chi connectivity index (χ1v) is 13.3. The van der Waals surface area contributed by atoms with Gasteiger partial charge in [-0.1, -0.05) is 92.2 Å². The van der Waals surface area contributed by atoms with Gasteiger partial charge >= 0.3 is 0 Å². The van der Waals surface area contributed by atoms with Gasteiger partial charge in [0.05, 0.1) is 12.2 Å². The maximum absolute atomic E-state index is 12.9. The smallest absolute Gasteiger partial charge is 0.251 e. The molecule has 0 bridgehead atoms. The predicted molar refractivity (Wildman–Crippen MR) is 148 cm³/mol.